The second-order valence-electron chi connectivity index (χ2n) is 23.9. The van der Waals surface area contributed by atoms with Gasteiger partial charge in [-0.15, -0.1) is 0 Å². The molecule has 728 valence electrons. The van der Waals surface area contributed by atoms with Crippen LogP contribution < -0.4 is 0 Å². The first-order valence-corrected chi connectivity index (χ1v) is 39.1. The van der Waals surface area contributed by atoms with E-state index in [0.717, 1.165) is 18.1 Å². The molecule has 0 aliphatic heterocycles. The van der Waals surface area contributed by atoms with Gasteiger partial charge in [0.1, 0.15) is 0 Å². The fourth-order valence-corrected chi connectivity index (χ4v) is 8.85. The maximum absolute atomic E-state index is 11.4. The van der Waals surface area contributed by atoms with Gasteiger partial charge in [0.15, 0.2) is 0 Å². The molecule has 0 bridgehead atoms. The van der Waals surface area contributed by atoms with Gasteiger partial charge in [0.05, 0.1) is 152 Å². The first kappa shape index (κ1) is 128. The molecule has 0 radical (unpaired) electrons. The zero-order chi connectivity index (χ0) is 106. The van der Waals surface area contributed by atoms with E-state index in [1.807, 2.05) is 55.5 Å². The second-order valence-corrected chi connectivity index (χ2v) is 23.9. The molecule has 0 spiro atoms. The highest BCUT2D eigenvalue weighted by molar-refractivity contribution is 5.99. The smallest absolute Gasteiger partial charge is 0.373 e. The Kier molecular flexibility index (Phi) is 75.3. The Balaban J connectivity index is -0.000000468. The summed E-state index contributed by atoms with van der Waals surface area (Å²) in [5.41, 5.74) is 7.09. The predicted octanol–water partition coefficient (Wildman–Crippen LogP) is 13.1. The molecule has 10 rings (SSSR count). The van der Waals surface area contributed by atoms with Gasteiger partial charge in [-0.25, -0.2) is 71.9 Å². The van der Waals surface area contributed by atoms with Crippen molar-refractivity contribution in [3.63, 3.8) is 0 Å². The third-order valence-corrected chi connectivity index (χ3v) is 14.9. The standard InChI is InChI=1S/C12H14O4.C11H14O2.2C10H10O4.C9H8O4.2C9H10O2.C8H6O4.C8H8O2.C7H6O2.5CO2/c1-3-15-11(13)9-6-5-7-10(8-9)12(14)16-4-2;1-3-9-5-7-10(8-6-9)11(12)13-4-2;1-13-9(11)7-4-3-5-8(6-7)10(12)14-2;1-2-14-10(13)8-5-3-4-7(6-8)9(11)12;1-13-9(12)7-4-2-3-6(5-7)8(10)11;1-7-3-5-8(6-4-7)9(10)11-2;1-2-11-9(10)8-6-4-3-5-7-8;9-7(10)5-2-1-3-6(4-5)8(11)12;1-10-8(9)7-5-3-2-4-6-7;8-7(9)6-4-2-1-3-5-6;5*2-1-3/h5-8H,3-4H2,1-2H3;5-8H,3-4H2,1-2H3;3-6H,1-2H3;3-6H,2H2,1H3,(H,11,12);2-5H,1H3,(H,10,11);3-6H,1-2H3;3-7H,2H2,1H3;1-4H,(H,9,10)(H,11,12);2-6H,1H3;1-5H,(H,8,9);;;;;. The summed E-state index contributed by atoms with van der Waals surface area (Å²) in [6.45, 7) is 14.5. The molecule has 0 atom stereocenters. The Bertz CT molecular complexity index is 5420. The number of methoxy groups -OCH3 is 5. The third-order valence-electron chi connectivity index (χ3n) is 14.9. The number of carbonyl (C=O) groups is 15. The number of ether oxygens (including phenoxy) is 10. The minimum atomic E-state index is -1.13. The van der Waals surface area contributed by atoms with Gasteiger partial charge in [0.2, 0.25) is 0 Å². The molecule has 0 aromatic heterocycles. The van der Waals surface area contributed by atoms with Gasteiger partial charge in [-0.1, -0.05) is 122 Å². The van der Waals surface area contributed by atoms with Crippen molar-refractivity contribution >= 4 is 120 Å². The number of carboxylic acids is 5. The van der Waals surface area contributed by atoms with Crippen LogP contribution in [0.5, 0.6) is 0 Å². The monoisotopic (exact) mass is 1910 g/mol. The topological polar surface area (TPSA) is 620 Å². The van der Waals surface area contributed by atoms with Gasteiger partial charge >= 0.3 is 120 Å². The van der Waals surface area contributed by atoms with E-state index in [4.69, 9.17) is 97.2 Å². The lowest BCUT2D eigenvalue weighted by atomic mass is 10.1. The van der Waals surface area contributed by atoms with Crippen LogP contribution in [0.1, 0.15) is 208 Å². The number of hydrogen-bond donors (Lipinski definition) is 5. The summed E-state index contributed by atoms with van der Waals surface area (Å²) in [6, 6.07) is 70.0. The number of carboxylic acid groups (broad SMARTS) is 5. The molecule has 0 saturated heterocycles. The Labute approximate surface area is 788 Å². The molecular weight excluding hydrogens is 1820 g/mol. The van der Waals surface area contributed by atoms with Crippen LogP contribution in [0.15, 0.2) is 261 Å². The maximum Gasteiger partial charge on any atom is 0.373 e. The number of aryl methyl sites for hydroxylation is 2. The molecule has 5 N–H and O–H groups in total. The van der Waals surface area contributed by atoms with Crippen LogP contribution in [0.25, 0.3) is 0 Å². The van der Waals surface area contributed by atoms with Crippen LogP contribution in [0.4, 0.5) is 0 Å². The molecule has 0 amide bonds. The fraction of sp³-hybridized carbons (Fsp3) is 0.184. The molecule has 0 aliphatic rings. The van der Waals surface area contributed by atoms with E-state index in [1.54, 1.807) is 162 Å². The number of esters is 10. The Morgan fingerprint density at radius 1 is 0.203 bits per heavy atom. The zero-order valence-corrected chi connectivity index (χ0v) is 76.1. The third kappa shape index (κ3) is 60.1. The van der Waals surface area contributed by atoms with Gasteiger partial charge < -0.3 is 72.9 Å². The van der Waals surface area contributed by atoms with E-state index in [9.17, 15) is 71.9 Å². The molecule has 0 fully saturated rings. The molecule has 0 unspecified atom stereocenters. The Morgan fingerprint density at radius 3 is 0.558 bits per heavy atom. The first-order chi connectivity index (χ1) is 65.8. The number of benzene rings is 10. The van der Waals surface area contributed by atoms with Crippen LogP contribution in [0, 0.1) is 6.92 Å². The Morgan fingerprint density at radius 2 is 0.355 bits per heavy atom. The summed E-state index contributed by atoms with van der Waals surface area (Å²) < 4.78 is 46.5. The maximum atomic E-state index is 11.4. The van der Waals surface area contributed by atoms with Gasteiger partial charge in [-0.3, -0.25) is 0 Å². The summed E-state index contributed by atoms with van der Waals surface area (Å²) >= 11 is 0. The van der Waals surface area contributed by atoms with Crippen molar-refractivity contribution in [3.8, 4) is 0 Å². The number of carbonyl (C=O) groups excluding carboxylic acids is 20. The predicted molar refractivity (Wildman–Crippen MR) is 475 cm³/mol. The number of aromatic carboxylic acids is 5. The summed E-state index contributed by atoms with van der Waals surface area (Å²) in [7, 11) is 6.56. The van der Waals surface area contributed by atoms with Crippen molar-refractivity contribution in [1.82, 2.24) is 0 Å². The lowest BCUT2D eigenvalue weighted by Crippen LogP contribution is -2.08. The van der Waals surface area contributed by atoms with Crippen molar-refractivity contribution in [2.45, 2.75) is 54.9 Å². The summed E-state index contributed by atoms with van der Waals surface area (Å²) in [5.74, 6) is -9.20. The number of hydrogen-bond acceptors (Lipinski definition) is 35. The minimum Gasteiger partial charge on any atom is -0.478 e. The van der Waals surface area contributed by atoms with Crippen molar-refractivity contribution in [2.75, 3.05) is 68.6 Å². The van der Waals surface area contributed by atoms with Gasteiger partial charge in [0.25, 0.3) is 0 Å². The van der Waals surface area contributed by atoms with Crippen molar-refractivity contribution in [3.05, 3.63) is 355 Å². The van der Waals surface area contributed by atoms with E-state index in [0.29, 0.717) is 76.5 Å². The van der Waals surface area contributed by atoms with Crippen molar-refractivity contribution in [2.24, 2.45) is 0 Å². The van der Waals surface area contributed by atoms with Gasteiger partial charge in [-0.05, 0) is 205 Å². The van der Waals surface area contributed by atoms with Crippen molar-refractivity contribution < 1.29 is 193 Å². The zero-order valence-electron chi connectivity index (χ0n) is 76.1. The molecule has 40 nitrogen and oxygen atoms in total. The van der Waals surface area contributed by atoms with E-state index >= 15 is 0 Å². The average Bonchev–Trinajstić information content (AvgIpc) is 0.873. The SMILES string of the molecule is CCOC(=O)c1ccc(CC)cc1.CCOC(=O)c1cccc(C(=O)O)c1.CCOC(=O)c1cccc(C(=O)OCC)c1.CCOC(=O)c1ccccc1.COC(=O)c1ccc(C)cc1.COC(=O)c1cccc(C(=O)O)c1.COC(=O)c1cccc(C(=O)OC)c1.COC(=O)c1ccccc1.O=C(O)c1cccc(C(=O)O)c1.O=C(O)c1ccccc1.O=C=O.O=C=O.O=C=O.O=C=O.O=C=O. The number of rotatable bonds is 21. The molecule has 10 aromatic carbocycles. The highest BCUT2D eigenvalue weighted by Crippen LogP contribution is 2.14. The van der Waals surface area contributed by atoms with E-state index in [1.165, 1.54) is 120 Å². The van der Waals surface area contributed by atoms with Crippen LogP contribution in [-0.2, 0) is 102 Å². The lowest BCUT2D eigenvalue weighted by molar-refractivity contribution is -0.193. The fourth-order valence-electron chi connectivity index (χ4n) is 8.85. The molecule has 0 heterocycles. The Hall–Kier alpha value is -18.9. The quantitative estimate of drug-likeness (QED) is 0.0329. The van der Waals surface area contributed by atoms with Gasteiger partial charge in [-0.2, -0.15) is 47.9 Å². The van der Waals surface area contributed by atoms with Crippen LogP contribution in [0.3, 0.4) is 0 Å². The highest BCUT2D eigenvalue weighted by atomic mass is 16.6. The van der Waals surface area contributed by atoms with Crippen LogP contribution >= 0.6 is 0 Å². The summed E-state index contributed by atoms with van der Waals surface area (Å²) in [4.78, 5) is 244. The summed E-state index contributed by atoms with van der Waals surface area (Å²) in [6.07, 6.45) is 2.24. The molecular formula is C98H96O40. The average molecular weight is 1910 g/mol. The van der Waals surface area contributed by atoms with E-state index < -0.39 is 65.7 Å². The largest absolute Gasteiger partial charge is 0.478 e. The van der Waals surface area contributed by atoms with Crippen LogP contribution in [-0.4, -0.2) is 214 Å². The van der Waals surface area contributed by atoms with Gasteiger partial charge in [0, 0.05) is 0 Å². The minimum absolute atomic E-state index is 0.0186. The summed E-state index contributed by atoms with van der Waals surface area (Å²) in [5, 5.41) is 42.7. The molecule has 10 aromatic rings. The molecule has 0 aliphatic carbocycles. The molecule has 138 heavy (non-hydrogen) atoms. The first-order valence-electron chi connectivity index (χ1n) is 39.1. The highest BCUT2D eigenvalue weighted by Gasteiger charge is 2.16. The van der Waals surface area contributed by atoms with E-state index in [-0.39, 0.29) is 94.6 Å². The van der Waals surface area contributed by atoms with E-state index in [2.05, 4.69) is 30.6 Å². The normalized spacial score (nSPS) is 8.61. The van der Waals surface area contributed by atoms with Crippen LogP contribution in [0.2, 0.25) is 0 Å². The second kappa shape index (κ2) is 81.4. The molecule has 40 heteroatoms. The lowest BCUT2D eigenvalue weighted by Gasteiger charge is -2.04. The van der Waals surface area contributed by atoms with Crippen molar-refractivity contribution in [1.29, 1.82) is 0 Å². The molecule has 0 saturated carbocycles.